The zero-order valence-corrected chi connectivity index (χ0v) is 16.0. The Bertz CT molecular complexity index is 884. The third-order valence-corrected chi connectivity index (χ3v) is 5.30. The van der Waals surface area contributed by atoms with Crippen LogP contribution >= 0.6 is 0 Å². The van der Waals surface area contributed by atoms with E-state index in [9.17, 15) is 14.7 Å². The van der Waals surface area contributed by atoms with Crippen molar-refractivity contribution in [2.24, 2.45) is 0 Å². The van der Waals surface area contributed by atoms with Gasteiger partial charge in [0.2, 0.25) is 0 Å². The van der Waals surface area contributed by atoms with Gasteiger partial charge in [-0.1, -0.05) is 30.3 Å². The van der Waals surface area contributed by atoms with Gasteiger partial charge >= 0.3 is 12.2 Å². The SMILES string of the molecule is O=C(O)N1CCc2c(ncnc2N2CCN(C(=O)OCc3ccccc3)CC2)C1. The van der Waals surface area contributed by atoms with E-state index in [-0.39, 0.29) is 19.2 Å². The van der Waals surface area contributed by atoms with Gasteiger partial charge in [-0.2, -0.15) is 0 Å². The van der Waals surface area contributed by atoms with Crippen LogP contribution in [0.4, 0.5) is 15.4 Å². The fourth-order valence-electron chi connectivity index (χ4n) is 3.68. The Morgan fingerprint density at radius 2 is 1.76 bits per heavy atom. The van der Waals surface area contributed by atoms with Crippen molar-refractivity contribution in [3.8, 4) is 0 Å². The number of rotatable bonds is 3. The molecule has 0 radical (unpaired) electrons. The lowest BCUT2D eigenvalue weighted by atomic mass is 10.1. The number of carbonyl (C=O) groups is 2. The van der Waals surface area contributed by atoms with E-state index in [0.29, 0.717) is 39.1 Å². The lowest BCUT2D eigenvalue weighted by Crippen LogP contribution is -2.49. The van der Waals surface area contributed by atoms with Gasteiger partial charge in [0.15, 0.2) is 0 Å². The van der Waals surface area contributed by atoms with Crippen molar-refractivity contribution < 1.29 is 19.4 Å². The van der Waals surface area contributed by atoms with Crippen molar-refractivity contribution in [1.82, 2.24) is 19.8 Å². The number of amides is 2. The van der Waals surface area contributed by atoms with E-state index < -0.39 is 6.09 Å². The van der Waals surface area contributed by atoms with Crippen LogP contribution in [0.1, 0.15) is 16.8 Å². The van der Waals surface area contributed by atoms with Gasteiger partial charge in [0, 0.05) is 38.3 Å². The van der Waals surface area contributed by atoms with E-state index in [1.807, 2.05) is 30.3 Å². The summed E-state index contributed by atoms with van der Waals surface area (Å²) in [5.41, 5.74) is 2.72. The molecule has 0 bridgehead atoms. The Hall–Kier alpha value is -3.36. The largest absolute Gasteiger partial charge is 0.465 e. The number of benzene rings is 1. The zero-order chi connectivity index (χ0) is 20.2. The third-order valence-electron chi connectivity index (χ3n) is 5.30. The molecule has 1 N–H and O–H groups in total. The summed E-state index contributed by atoms with van der Waals surface area (Å²) in [6, 6.07) is 9.61. The molecule has 2 aliphatic heterocycles. The minimum absolute atomic E-state index is 0.263. The normalized spacial score (nSPS) is 16.3. The predicted octanol–water partition coefficient (Wildman–Crippen LogP) is 1.97. The summed E-state index contributed by atoms with van der Waals surface area (Å²) in [6.07, 6.45) is 0.839. The number of ether oxygens (including phenoxy) is 1. The first kappa shape index (κ1) is 19.0. The van der Waals surface area contributed by atoms with E-state index in [1.165, 1.54) is 11.2 Å². The van der Waals surface area contributed by atoms with Gasteiger partial charge in [-0.05, 0) is 12.0 Å². The molecular weight excluding hydrogens is 374 g/mol. The maximum absolute atomic E-state index is 12.3. The Labute approximate surface area is 168 Å². The minimum atomic E-state index is -0.932. The molecule has 4 rings (SSSR count). The maximum atomic E-state index is 12.3. The second kappa shape index (κ2) is 8.34. The van der Waals surface area contributed by atoms with Crippen LogP contribution < -0.4 is 4.90 Å². The van der Waals surface area contributed by atoms with Crippen molar-refractivity contribution in [1.29, 1.82) is 0 Å². The van der Waals surface area contributed by atoms with Crippen LogP contribution in [0.25, 0.3) is 0 Å². The second-order valence-electron chi connectivity index (χ2n) is 7.09. The van der Waals surface area contributed by atoms with Gasteiger partial charge in [0.05, 0.1) is 12.2 Å². The predicted molar refractivity (Wildman–Crippen MR) is 105 cm³/mol. The van der Waals surface area contributed by atoms with E-state index >= 15 is 0 Å². The first-order valence-corrected chi connectivity index (χ1v) is 9.63. The van der Waals surface area contributed by atoms with Crippen LogP contribution in [0.3, 0.4) is 0 Å². The van der Waals surface area contributed by atoms with Gasteiger partial charge < -0.3 is 24.5 Å². The number of hydrogen-bond acceptors (Lipinski definition) is 6. The number of aromatic nitrogens is 2. The summed E-state index contributed by atoms with van der Waals surface area (Å²) < 4.78 is 5.41. The van der Waals surface area contributed by atoms with Crippen molar-refractivity contribution in [2.75, 3.05) is 37.6 Å². The molecule has 29 heavy (non-hydrogen) atoms. The molecule has 2 aromatic rings. The summed E-state index contributed by atoms with van der Waals surface area (Å²) >= 11 is 0. The molecule has 1 aromatic carbocycles. The molecule has 0 atom stereocenters. The zero-order valence-electron chi connectivity index (χ0n) is 16.0. The molecule has 0 spiro atoms. The fourth-order valence-corrected chi connectivity index (χ4v) is 3.68. The topological polar surface area (TPSA) is 99.1 Å². The molecule has 0 aliphatic carbocycles. The maximum Gasteiger partial charge on any atom is 0.410 e. The number of nitrogens with zero attached hydrogens (tertiary/aromatic N) is 5. The highest BCUT2D eigenvalue weighted by Crippen LogP contribution is 2.26. The van der Waals surface area contributed by atoms with Crippen molar-refractivity contribution >= 4 is 18.0 Å². The van der Waals surface area contributed by atoms with Crippen molar-refractivity contribution in [2.45, 2.75) is 19.6 Å². The fraction of sp³-hybridized carbons (Fsp3) is 0.400. The van der Waals surface area contributed by atoms with Crippen LogP contribution in [-0.4, -0.2) is 69.8 Å². The van der Waals surface area contributed by atoms with Crippen LogP contribution in [0.15, 0.2) is 36.7 Å². The number of carbonyl (C=O) groups excluding carboxylic acids is 1. The molecule has 9 nitrogen and oxygen atoms in total. The van der Waals surface area contributed by atoms with Crippen LogP contribution in [0.2, 0.25) is 0 Å². The molecule has 3 heterocycles. The van der Waals surface area contributed by atoms with E-state index in [0.717, 1.165) is 22.6 Å². The van der Waals surface area contributed by atoms with E-state index in [1.54, 1.807) is 4.90 Å². The monoisotopic (exact) mass is 397 g/mol. The van der Waals surface area contributed by atoms with Crippen molar-refractivity contribution in [3.63, 3.8) is 0 Å². The summed E-state index contributed by atoms with van der Waals surface area (Å²) in [4.78, 5) is 37.5. The van der Waals surface area contributed by atoms with Gasteiger partial charge in [-0.15, -0.1) is 0 Å². The number of carboxylic acid groups (broad SMARTS) is 1. The summed E-state index contributed by atoms with van der Waals surface area (Å²) in [5.74, 6) is 0.845. The Kier molecular flexibility index (Phi) is 5.46. The summed E-state index contributed by atoms with van der Waals surface area (Å²) in [5, 5.41) is 9.20. The van der Waals surface area contributed by atoms with Crippen LogP contribution in [-0.2, 0) is 24.3 Å². The highest BCUT2D eigenvalue weighted by atomic mass is 16.6. The van der Waals surface area contributed by atoms with Crippen LogP contribution in [0, 0.1) is 0 Å². The summed E-state index contributed by atoms with van der Waals surface area (Å²) in [6.45, 7) is 3.38. The lowest BCUT2D eigenvalue weighted by molar-refractivity contribution is 0.0941. The smallest absolute Gasteiger partial charge is 0.410 e. The highest BCUT2D eigenvalue weighted by molar-refractivity contribution is 5.68. The van der Waals surface area contributed by atoms with Gasteiger partial charge in [-0.25, -0.2) is 19.6 Å². The third kappa shape index (κ3) is 4.23. The minimum Gasteiger partial charge on any atom is -0.465 e. The molecule has 0 unspecified atom stereocenters. The molecule has 0 saturated carbocycles. The van der Waals surface area contributed by atoms with Gasteiger partial charge in [0.25, 0.3) is 0 Å². The second-order valence-corrected chi connectivity index (χ2v) is 7.09. The average molecular weight is 397 g/mol. The van der Waals surface area contributed by atoms with Crippen molar-refractivity contribution in [3.05, 3.63) is 53.5 Å². The Morgan fingerprint density at radius 1 is 1.00 bits per heavy atom. The molecule has 1 saturated heterocycles. The number of anilines is 1. The molecular formula is C20H23N5O4. The standard InChI is InChI=1S/C20H23N5O4/c26-19(27)25-7-6-16-17(12-25)21-14-22-18(16)23-8-10-24(11-9-23)20(28)29-13-15-4-2-1-3-5-15/h1-5,14H,6-13H2,(H,26,27). The highest BCUT2D eigenvalue weighted by Gasteiger charge is 2.28. The molecule has 152 valence electrons. The summed E-state index contributed by atoms with van der Waals surface area (Å²) in [7, 11) is 0. The molecule has 1 fully saturated rings. The molecule has 2 amide bonds. The average Bonchev–Trinajstić information content (AvgIpc) is 2.77. The quantitative estimate of drug-likeness (QED) is 0.845. The molecule has 9 heteroatoms. The Balaban J connectivity index is 1.35. The number of hydrogen-bond donors (Lipinski definition) is 1. The van der Waals surface area contributed by atoms with E-state index in [4.69, 9.17) is 4.74 Å². The number of fused-ring (bicyclic) bond motifs is 1. The van der Waals surface area contributed by atoms with Gasteiger partial charge in [-0.3, -0.25) is 0 Å². The molecule has 2 aliphatic rings. The van der Waals surface area contributed by atoms with Gasteiger partial charge in [0.1, 0.15) is 18.8 Å². The first-order valence-electron chi connectivity index (χ1n) is 9.63. The molecule has 1 aromatic heterocycles. The lowest BCUT2D eigenvalue weighted by Gasteiger charge is -2.36. The number of piperazine rings is 1. The Morgan fingerprint density at radius 3 is 2.48 bits per heavy atom. The van der Waals surface area contributed by atoms with Crippen LogP contribution in [0.5, 0.6) is 0 Å². The first-order chi connectivity index (χ1) is 14.1. The van der Waals surface area contributed by atoms with E-state index in [2.05, 4.69) is 14.9 Å².